The van der Waals surface area contributed by atoms with Gasteiger partial charge in [0.05, 0.1) is 0 Å². The van der Waals surface area contributed by atoms with Gasteiger partial charge in [0.25, 0.3) is 0 Å². The Balaban J connectivity index is 2.77. The van der Waals surface area contributed by atoms with Gasteiger partial charge < -0.3 is 36.2 Å². The first-order valence-corrected chi connectivity index (χ1v) is 6.91. The molecule has 7 nitrogen and oxygen atoms in total. The Hall–Kier alpha value is -1.22. The minimum absolute atomic E-state index is 0.0140. The van der Waals surface area contributed by atoms with Crippen molar-refractivity contribution in [2.24, 2.45) is 0 Å². The number of aromatic hydroxyl groups is 1. The lowest BCUT2D eigenvalue weighted by atomic mass is 10.0. The fourth-order valence-corrected chi connectivity index (χ4v) is 1.98. The molecule has 0 aliphatic rings. The summed E-state index contributed by atoms with van der Waals surface area (Å²) >= 11 is 0. The zero-order valence-electron chi connectivity index (χ0n) is 12.1. The van der Waals surface area contributed by atoms with E-state index in [9.17, 15) is 5.11 Å². The van der Waals surface area contributed by atoms with Crippen LogP contribution >= 0.6 is 0 Å². The van der Waals surface area contributed by atoms with E-state index < -0.39 is 12.6 Å². The SMILES string of the molecule is CCc1cc(CNCC(O)O)c(O)c(CNCC(O)O)c1. The van der Waals surface area contributed by atoms with Crippen molar-refractivity contribution in [3.8, 4) is 5.75 Å². The van der Waals surface area contributed by atoms with Crippen LogP contribution < -0.4 is 10.6 Å². The second-order valence-corrected chi connectivity index (χ2v) is 4.84. The molecule has 1 rings (SSSR count). The predicted molar refractivity (Wildman–Crippen MR) is 77.3 cm³/mol. The van der Waals surface area contributed by atoms with Crippen LogP contribution in [0.25, 0.3) is 0 Å². The van der Waals surface area contributed by atoms with Crippen LogP contribution in [0.15, 0.2) is 12.1 Å². The first kappa shape index (κ1) is 17.8. The molecule has 0 atom stereocenters. The summed E-state index contributed by atoms with van der Waals surface area (Å²) in [6, 6.07) is 3.72. The van der Waals surface area contributed by atoms with E-state index in [1.54, 1.807) is 0 Å². The summed E-state index contributed by atoms with van der Waals surface area (Å²) in [6.45, 7) is 2.65. The van der Waals surface area contributed by atoms with Crippen LogP contribution in [0.1, 0.15) is 23.6 Å². The number of aryl methyl sites for hydroxylation is 1. The summed E-state index contributed by atoms with van der Waals surface area (Å²) in [5.74, 6) is 0.118. The third-order valence-corrected chi connectivity index (χ3v) is 3.02. The number of benzene rings is 1. The van der Waals surface area contributed by atoms with Crippen LogP contribution in [0.5, 0.6) is 5.75 Å². The van der Waals surface area contributed by atoms with E-state index in [-0.39, 0.29) is 18.8 Å². The van der Waals surface area contributed by atoms with Gasteiger partial charge in [-0.25, -0.2) is 0 Å². The molecular weight excluding hydrogens is 276 g/mol. The molecule has 1 aromatic rings. The molecule has 21 heavy (non-hydrogen) atoms. The van der Waals surface area contributed by atoms with Crippen LogP contribution in [0.4, 0.5) is 0 Å². The monoisotopic (exact) mass is 300 g/mol. The number of phenols is 1. The molecule has 7 heteroatoms. The van der Waals surface area contributed by atoms with Gasteiger partial charge in [-0.2, -0.15) is 0 Å². The third-order valence-electron chi connectivity index (χ3n) is 3.02. The van der Waals surface area contributed by atoms with Gasteiger partial charge in [-0.3, -0.25) is 0 Å². The van der Waals surface area contributed by atoms with Crippen molar-refractivity contribution in [3.05, 3.63) is 28.8 Å². The van der Waals surface area contributed by atoms with E-state index in [0.29, 0.717) is 24.2 Å². The number of hydrogen-bond donors (Lipinski definition) is 7. The Labute approximate surface area is 123 Å². The molecule has 0 aromatic heterocycles. The lowest BCUT2D eigenvalue weighted by molar-refractivity contribution is -0.0379. The van der Waals surface area contributed by atoms with Gasteiger partial charge in [0, 0.05) is 37.3 Å². The summed E-state index contributed by atoms with van der Waals surface area (Å²) in [7, 11) is 0. The van der Waals surface area contributed by atoms with Crippen molar-refractivity contribution in [2.45, 2.75) is 39.0 Å². The Morgan fingerprint density at radius 1 is 0.905 bits per heavy atom. The Kier molecular flexibility index (Phi) is 7.58. The second-order valence-electron chi connectivity index (χ2n) is 4.84. The molecule has 0 amide bonds. The van der Waals surface area contributed by atoms with Gasteiger partial charge in [-0.1, -0.05) is 19.1 Å². The summed E-state index contributed by atoms with van der Waals surface area (Å²) in [6.07, 6.45) is -2.08. The minimum Gasteiger partial charge on any atom is -0.507 e. The largest absolute Gasteiger partial charge is 0.507 e. The number of phenolic OH excluding ortho intramolecular Hbond substituents is 1. The van der Waals surface area contributed by atoms with Crippen molar-refractivity contribution in [1.29, 1.82) is 0 Å². The maximum Gasteiger partial charge on any atom is 0.164 e. The minimum atomic E-state index is -1.44. The maximum atomic E-state index is 10.2. The average Bonchev–Trinajstić information content (AvgIpc) is 2.41. The second kappa shape index (κ2) is 8.93. The summed E-state index contributed by atoms with van der Waals surface area (Å²) in [5.41, 5.74) is 2.36. The summed E-state index contributed by atoms with van der Waals surface area (Å²) in [4.78, 5) is 0. The zero-order valence-corrected chi connectivity index (χ0v) is 12.1. The maximum absolute atomic E-state index is 10.2. The number of rotatable bonds is 9. The quantitative estimate of drug-likeness (QED) is 0.284. The van der Waals surface area contributed by atoms with Gasteiger partial charge in [0.15, 0.2) is 12.6 Å². The molecule has 0 radical (unpaired) electrons. The highest BCUT2D eigenvalue weighted by Crippen LogP contribution is 2.25. The standard InChI is InChI=1S/C14H24N2O5/c1-2-9-3-10(5-15-7-12(17)18)14(21)11(4-9)6-16-8-13(19)20/h3-4,12-13,15-21H,2,5-8H2,1H3. The smallest absolute Gasteiger partial charge is 0.164 e. The highest BCUT2D eigenvalue weighted by atomic mass is 16.5. The van der Waals surface area contributed by atoms with Crippen LogP contribution in [0.2, 0.25) is 0 Å². The summed E-state index contributed by atoms with van der Waals surface area (Å²) in [5, 5.41) is 51.1. The fourth-order valence-electron chi connectivity index (χ4n) is 1.98. The Morgan fingerprint density at radius 2 is 1.33 bits per heavy atom. The van der Waals surface area contributed by atoms with Crippen molar-refractivity contribution >= 4 is 0 Å². The molecular formula is C14H24N2O5. The van der Waals surface area contributed by atoms with Crippen LogP contribution in [0, 0.1) is 0 Å². The van der Waals surface area contributed by atoms with Crippen molar-refractivity contribution in [2.75, 3.05) is 13.1 Å². The molecule has 0 bridgehead atoms. The van der Waals surface area contributed by atoms with E-state index in [4.69, 9.17) is 20.4 Å². The van der Waals surface area contributed by atoms with Crippen LogP contribution in [-0.2, 0) is 19.5 Å². The van der Waals surface area contributed by atoms with Gasteiger partial charge in [-0.15, -0.1) is 0 Å². The van der Waals surface area contributed by atoms with Crippen molar-refractivity contribution in [1.82, 2.24) is 10.6 Å². The third kappa shape index (κ3) is 6.38. The van der Waals surface area contributed by atoms with Gasteiger partial charge in [-0.05, 0) is 12.0 Å². The Bertz CT molecular complexity index is 402. The van der Waals surface area contributed by atoms with Gasteiger partial charge in [0.1, 0.15) is 5.75 Å². The molecule has 0 heterocycles. The zero-order chi connectivity index (χ0) is 15.8. The van der Waals surface area contributed by atoms with Gasteiger partial charge >= 0.3 is 0 Å². The number of nitrogens with one attached hydrogen (secondary N) is 2. The van der Waals surface area contributed by atoms with E-state index in [1.807, 2.05) is 19.1 Å². The van der Waals surface area contributed by atoms with E-state index in [0.717, 1.165) is 12.0 Å². The molecule has 0 spiro atoms. The summed E-state index contributed by atoms with van der Waals surface area (Å²) < 4.78 is 0. The molecule has 0 aliphatic heterocycles. The van der Waals surface area contributed by atoms with Crippen LogP contribution in [0.3, 0.4) is 0 Å². The van der Waals surface area contributed by atoms with E-state index in [1.165, 1.54) is 0 Å². The molecule has 0 unspecified atom stereocenters. The normalized spacial score (nSPS) is 11.6. The molecule has 0 fully saturated rings. The molecule has 0 saturated heterocycles. The first-order chi connectivity index (χ1) is 9.93. The fraction of sp³-hybridized carbons (Fsp3) is 0.571. The van der Waals surface area contributed by atoms with E-state index in [2.05, 4.69) is 10.6 Å². The van der Waals surface area contributed by atoms with Crippen molar-refractivity contribution in [3.63, 3.8) is 0 Å². The molecule has 0 saturated carbocycles. The van der Waals surface area contributed by atoms with Gasteiger partial charge in [0.2, 0.25) is 0 Å². The number of hydrogen-bond acceptors (Lipinski definition) is 7. The first-order valence-electron chi connectivity index (χ1n) is 6.91. The lowest BCUT2D eigenvalue weighted by Gasteiger charge is -2.14. The highest BCUT2D eigenvalue weighted by Gasteiger charge is 2.10. The highest BCUT2D eigenvalue weighted by molar-refractivity contribution is 5.43. The molecule has 0 aliphatic carbocycles. The number of aliphatic hydroxyl groups excluding tert-OH is 2. The average molecular weight is 300 g/mol. The Morgan fingerprint density at radius 3 is 1.67 bits per heavy atom. The molecule has 120 valence electrons. The topological polar surface area (TPSA) is 125 Å². The molecule has 1 aromatic carbocycles. The van der Waals surface area contributed by atoms with Crippen LogP contribution in [-0.4, -0.2) is 51.2 Å². The molecule has 7 N–H and O–H groups in total. The number of aliphatic hydroxyl groups is 4. The van der Waals surface area contributed by atoms with Crippen molar-refractivity contribution < 1.29 is 25.5 Å². The predicted octanol–water partition coefficient (Wildman–Crippen LogP) is -1.24. The van der Waals surface area contributed by atoms with E-state index >= 15 is 0 Å². The lowest BCUT2D eigenvalue weighted by Crippen LogP contribution is -2.27.